The number of benzene rings is 1. The van der Waals surface area contributed by atoms with Gasteiger partial charge in [-0.15, -0.1) is 0 Å². The Morgan fingerprint density at radius 3 is 2.64 bits per heavy atom. The van der Waals surface area contributed by atoms with E-state index in [1.54, 1.807) is 6.92 Å². The molecule has 0 saturated heterocycles. The maximum Gasteiger partial charge on any atom is 0.171 e. The maximum absolute atomic E-state index is 13.5. The van der Waals surface area contributed by atoms with E-state index in [4.69, 9.17) is 10.5 Å². The highest BCUT2D eigenvalue weighted by Crippen LogP contribution is 2.23. The summed E-state index contributed by atoms with van der Waals surface area (Å²) in [5, 5.41) is 0. The summed E-state index contributed by atoms with van der Waals surface area (Å²) in [5.74, 6) is -1.13. The molecule has 0 unspecified atom stereocenters. The molecule has 14 heavy (non-hydrogen) atoms. The fourth-order valence-electron chi connectivity index (χ4n) is 1.22. The second kappa shape index (κ2) is 4.91. The molecule has 0 bridgehead atoms. The minimum Gasteiger partial charge on any atom is -0.491 e. The van der Waals surface area contributed by atoms with Crippen molar-refractivity contribution in [1.29, 1.82) is 0 Å². The van der Waals surface area contributed by atoms with Gasteiger partial charge in [-0.05, 0) is 32.0 Å². The van der Waals surface area contributed by atoms with Crippen molar-refractivity contribution in [2.75, 3.05) is 13.2 Å². The highest BCUT2D eigenvalue weighted by Gasteiger charge is 2.13. The van der Waals surface area contributed by atoms with Crippen molar-refractivity contribution >= 4 is 0 Å². The van der Waals surface area contributed by atoms with Gasteiger partial charge in [-0.2, -0.15) is 0 Å². The molecule has 0 spiro atoms. The molecule has 1 rings (SSSR count). The first-order chi connectivity index (χ1) is 6.70. The van der Waals surface area contributed by atoms with Gasteiger partial charge < -0.3 is 10.5 Å². The molecule has 78 valence electrons. The molecule has 1 aromatic rings. The molecule has 0 fully saturated rings. The van der Waals surface area contributed by atoms with E-state index in [1.807, 2.05) is 0 Å². The molecule has 4 heteroatoms. The largest absolute Gasteiger partial charge is 0.491 e. The Hall–Kier alpha value is -1.16. The van der Waals surface area contributed by atoms with Gasteiger partial charge in [0.05, 0.1) is 6.61 Å². The normalized spacial score (nSPS) is 10.3. The quantitative estimate of drug-likeness (QED) is 0.807. The Bertz CT molecular complexity index is 315. The maximum atomic E-state index is 13.5. The van der Waals surface area contributed by atoms with E-state index in [9.17, 15) is 8.78 Å². The molecule has 0 aliphatic carbocycles. The molecule has 2 nitrogen and oxygen atoms in total. The van der Waals surface area contributed by atoms with Crippen LogP contribution in [0.4, 0.5) is 8.78 Å². The summed E-state index contributed by atoms with van der Waals surface area (Å²) in [6, 6.07) is 2.48. The predicted molar refractivity (Wildman–Crippen MR) is 50.3 cm³/mol. The Morgan fingerprint density at radius 1 is 1.36 bits per heavy atom. The van der Waals surface area contributed by atoms with Crippen molar-refractivity contribution in [2.24, 2.45) is 5.73 Å². The summed E-state index contributed by atoms with van der Waals surface area (Å²) < 4.78 is 31.6. The van der Waals surface area contributed by atoms with Gasteiger partial charge in [0.2, 0.25) is 0 Å². The van der Waals surface area contributed by atoms with E-state index in [2.05, 4.69) is 0 Å². The van der Waals surface area contributed by atoms with Gasteiger partial charge in [0.1, 0.15) is 5.82 Å². The number of hydrogen-bond donors (Lipinski definition) is 1. The molecular weight excluding hydrogens is 188 g/mol. The van der Waals surface area contributed by atoms with Crippen molar-refractivity contribution in [1.82, 2.24) is 0 Å². The molecule has 1 aromatic carbocycles. The zero-order valence-electron chi connectivity index (χ0n) is 8.02. The standard InChI is InChI=1S/C10H13F2NO/c1-2-14-9-4-3-8(11)7(5-6-13)10(9)12/h3-4H,2,5-6,13H2,1H3. The van der Waals surface area contributed by atoms with Crippen molar-refractivity contribution in [2.45, 2.75) is 13.3 Å². The SMILES string of the molecule is CCOc1ccc(F)c(CCN)c1F. The summed E-state index contributed by atoms with van der Waals surface area (Å²) in [6.07, 6.45) is 0.179. The van der Waals surface area contributed by atoms with Gasteiger partial charge in [0.15, 0.2) is 11.6 Å². The lowest BCUT2D eigenvalue weighted by Gasteiger charge is -2.08. The highest BCUT2D eigenvalue weighted by molar-refractivity contribution is 5.32. The highest BCUT2D eigenvalue weighted by atomic mass is 19.1. The molecule has 0 atom stereocenters. The molecule has 2 N–H and O–H groups in total. The average molecular weight is 201 g/mol. The van der Waals surface area contributed by atoms with Gasteiger partial charge in [-0.1, -0.05) is 0 Å². The van der Waals surface area contributed by atoms with Crippen LogP contribution >= 0.6 is 0 Å². The second-order valence-corrected chi connectivity index (χ2v) is 2.81. The van der Waals surface area contributed by atoms with Gasteiger partial charge in [0, 0.05) is 5.56 Å². The number of rotatable bonds is 4. The lowest BCUT2D eigenvalue weighted by molar-refractivity contribution is 0.318. The summed E-state index contributed by atoms with van der Waals surface area (Å²) in [7, 11) is 0. The van der Waals surface area contributed by atoms with Crippen LogP contribution < -0.4 is 10.5 Å². The van der Waals surface area contributed by atoms with E-state index >= 15 is 0 Å². The summed E-state index contributed by atoms with van der Waals surface area (Å²) in [4.78, 5) is 0. The smallest absolute Gasteiger partial charge is 0.171 e. The monoisotopic (exact) mass is 201 g/mol. The lowest BCUT2D eigenvalue weighted by Crippen LogP contribution is -2.08. The first-order valence-electron chi connectivity index (χ1n) is 4.50. The fraction of sp³-hybridized carbons (Fsp3) is 0.400. The minimum atomic E-state index is -0.641. The number of nitrogens with two attached hydrogens (primary N) is 1. The van der Waals surface area contributed by atoms with Crippen molar-refractivity contribution in [3.05, 3.63) is 29.3 Å². The first kappa shape index (κ1) is 10.9. The van der Waals surface area contributed by atoms with E-state index in [0.29, 0.717) is 6.61 Å². The zero-order valence-corrected chi connectivity index (χ0v) is 8.02. The first-order valence-corrected chi connectivity index (χ1v) is 4.50. The van der Waals surface area contributed by atoms with Crippen LogP contribution in [0.15, 0.2) is 12.1 Å². The fourth-order valence-corrected chi connectivity index (χ4v) is 1.22. The van der Waals surface area contributed by atoms with Crippen LogP contribution in [0.2, 0.25) is 0 Å². The van der Waals surface area contributed by atoms with Crippen LogP contribution in [-0.4, -0.2) is 13.2 Å². The van der Waals surface area contributed by atoms with Crippen LogP contribution in [0.3, 0.4) is 0 Å². The molecule has 0 aromatic heterocycles. The number of ether oxygens (including phenoxy) is 1. The van der Waals surface area contributed by atoms with Gasteiger partial charge in [-0.3, -0.25) is 0 Å². The summed E-state index contributed by atoms with van der Waals surface area (Å²) >= 11 is 0. The molecule has 0 amide bonds. The van der Waals surface area contributed by atoms with Crippen LogP contribution in [0.25, 0.3) is 0 Å². The van der Waals surface area contributed by atoms with E-state index in [1.165, 1.54) is 12.1 Å². The molecule has 0 aliphatic rings. The third kappa shape index (κ3) is 2.20. The van der Waals surface area contributed by atoms with Gasteiger partial charge in [0.25, 0.3) is 0 Å². The Balaban J connectivity index is 3.05. The van der Waals surface area contributed by atoms with Gasteiger partial charge >= 0.3 is 0 Å². The van der Waals surface area contributed by atoms with Crippen molar-refractivity contribution < 1.29 is 13.5 Å². The molecular formula is C10H13F2NO. The molecule has 0 heterocycles. The Labute approximate surface area is 81.7 Å². The van der Waals surface area contributed by atoms with Crippen LogP contribution in [0.1, 0.15) is 12.5 Å². The predicted octanol–water partition coefficient (Wildman–Crippen LogP) is 1.86. The van der Waals surface area contributed by atoms with Crippen molar-refractivity contribution in [3.8, 4) is 5.75 Å². The van der Waals surface area contributed by atoms with E-state index in [0.717, 1.165) is 0 Å². The topological polar surface area (TPSA) is 35.2 Å². The van der Waals surface area contributed by atoms with E-state index < -0.39 is 11.6 Å². The zero-order chi connectivity index (χ0) is 10.6. The van der Waals surface area contributed by atoms with Crippen LogP contribution in [-0.2, 0) is 6.42 Å². The molecule has 0 aliphatic heterocycles. The van der Waals surface area contributed by atoms with E-state index in [-0.39, 0.29) is 24.3 Å². The minimum absolute atomic E-state index is 0.00144. The number of halogens is 2. The Kier molecular flexibility index (Phi) is 3.83. The van der Waals surface area contributed by atoms with Crippen LogP contribution in [0, 0.1) is 11.6 Å². The molecule has 0 saturated carbocycles. The van der Waals surface area contributed by atoms with Crippen LogP contribution in [0.5, 0.6) is 5.75 Å². The third-order valence-electron chi connectivity index (χ3n) is 1.84. The summed E-state index contributed by atoms with van der Waals surface area (Å²) in [5.41, 5.74) is 5.25. The number of hydrogen-bond acceptors (Lipinski definition) is 2. The Morgan fingerprint density at radius 2 is 2.07 bits per heavy atom. The third-order valence-corrected chi connectivity index (χ3v) is 1.84. The lowest BCUT2D eigenvalue weighted by atomic mass is 10.1. The summed E-state index contributed by atoms with van der Waals surface area (Å²) in [6.45, 7) is 2.30. The van der Waals surface area contributed by atoms with Gasteiger partial charge in [-0.25, -0.2) is 8.78 Å². The average Bonchev–Trinajstić information content (AvgIpc) is 2.17. The van der Waals surface area contributed by atoms with Crippen molar-refractivity contribution in [3.63, 3.8) is 0 Å². The second-order valence-electron chi connectivity index (χ2n) is 2.81. The molecule has 0 radical (unpaired) electrons.